The summed E-state index contributed by atoms with van der Waals surface area (Å²) in [6.07, 6.45) is 0.289. The third-order valence-corrected chi connectivity index (χ3v) is 3.24. The standard InChI is InChI=1S/C16H16FNO4/c1-10(8-11-4-2-3-5-13(11)17)15(19)18-9-12-6-7-14(22-12)16(20)21/h2-7,10H,8-9H2,1H3,(H,18,19)(H,20,21). The van der Waals surface area contributed by atoms with E-state index in [2.05, 4.69) is 5.32 Å². The number of benzene rings is 1. The predicted octanol–water partition coefficient (Wildman–Crippen LogP) is 2.61. The van der Waals surface area contributed by atoms with Gasteiger partial charge in [-0.1, -0.05) is 25.1 Å². The molecule has 0 aliphatic carbocycles. The quantitative estimate of drug-likeness (QED) is 0.859. The number of aromatic carboxylic acids is 1. The zero-order valence-corrected chi connectivity index (χ0v) is 12.0. The van der Waals surface area contributed by atoms with Crippen LogP contribution in [0.2, 0.25) is 0 Å². The topological polar surface area (TPSA) is 79.5 Å². The van der Waals surface area contributed by atoms with Gasteiger partial charge in [-0.15, -0.1) is 0 Å². The van der Waals surface area contributed by atoms with Crippen LogP contribution in [0, 0.1) is 11.7 Å². The number of carbonyl (C=O) groups excluding carboxylic acids is 1. The molecule has 1 aromatic heterocycles. The Morgan fingerprint density at radius 3 is 2.64 bits per heavy atom. The van der Waals surface area contributed by atoms with E-state index in [1.54, 1.807) is 25.1 Å². The molecule has 116 valence electrons. The average Bonchev–Trinajstić information content (AvgIpc) is 2.96. The largest absolute Gasteiger partial charge is 0.475 e. The minimum Gasteiger partial charge on any atom is -0.475 e. The second kappa shape index (κ2) is 6.89. The maximum Gasteiger partial charge on any atom is 0.371 e. The predicted molar refractivity (Wildman–Crippen MR) is 76.8 cm³/mol. The molecule has 2 N–H and O–H groups in total. The van der Waals surface area contributed by atoms with Crippen LogP contribution in [0.4, 0.5) is 4.39 Å². The molecule has 0 saturated heterocycles. The monoisotopic (exact) mass is 305 g/mol. The second-order valence-corrected chi connectivity index (χ2v) is 4.99. The van der Waals surface area contributed by atoms with Gasteiger partial charge in [-0.25, -0.2) is 9.18 Å². The third-order valence-electron chi connectivity index (χ3n) is 3.24. The molecule has 5 nitrogen and oxygen atoms in total. The van der Waals surface area contributed by atoms with E-state index in [0.29, 0.717) is 11.3 Å². The molecule has 0 fully saturated rings. The molecule has 6 heteroatoms. The molecule has 1 atom stereocenters. The molecule has 0 radical (unpaired) electrons. The molecule has 0 bridgehead atoms. The van der Waals surface area contributed by atoms with Gasteiger partial charge in [0.05, 0.1) is 6.54 Å². The fourth-order valence-electron chi connectivity index (χ4n) is 2.02. The van der Waals surface area contributed by atoms with E-state index in [-0.39, 0.29) is 30.5 Å². The van der Waals surface area contributed by atoms with Gasteiger partial charge in [-0.3, -0.25) is 4.79 Å². The van der Waals surface area contributed by atoms with Gasteiger partial charge in [0.25, 0.3) is 0 Å². The Labute approximate surface area is 126 Å². The van der Waals surface area contributed by atoms with E-state index >= 15 is 0 Å². The van der Waals surface area contributed by atoms with Crippen molar-refractivity contribution in [2.45, 2.75) is 19.9 Å². The Hall–Kier alpha value is -2.63. The van der Waals surface area contributed by atoms with Crippen molar-refractivity contribution in [3.8, 4) is 0 Å². The van der Waals surface area contributed by atoms with Gasteiger partial charge in [-0.2, -0.15) is 0 Å². The third kappa shape index (κ3) is 3.94. The summed E-state index contributed by atoms with van der Waals surface area (Å²) < 4.78 is 18.6. The number of carbonyl (C=O) groups is 2. The molecular weight excluding hydrogens is 289 g/mol. The summed E-state index contributed by atoms with van der Waals surface area (Å²) in [5.41, 5.74) is 0.483. The highest BCUT2D eigenvalue weighted by Crippen LogP contribution is 2.13. The lowest BCUT2D eigenvalue weighted by Crippen LogP contribution is -2.29. The highest BCUT2D eigenvalue weighted by Gasteiger charge is 2.16. The minimum absolute atomic E-state index is 0.0910. The summed E-state index contributed by atoms with van der Waals surface area (Å²) in [5, 5.41) is 11.4. The first-order valence-corrected chi connectivity index (χ1v) is 6.80. The van der Waals surface area contributed by atoms with Crippen LogP contribution in [0.15, 0.2) is 40.8 Å². The Morgan fingerprint density at radius 2 is 2.00 bits per heavy atom. The lowest BCUT2D eigenvalue weighted by Gasteiger charge is -2.12. The number of furan rings is 1. The highest BCUT2D eigenvalue weighted by atomic mass is 19.1. The van der Waals surface area contributed by atoms with E-state index in [0.717, 1.165) is 0 Å². The van der Waals surface area contributed by atoms with Crippen molar-refractivity contribution in [1.29, 1.82) is 0 Å². The van der Waals surface area contributed by atoms with Crippen molar-refractivity contribution in [3.63, 3.8) is 0 Å². The molecule has 22 heavy (non-hydrogen) atoms. The molecular formula is C16H16FNO4. The summed E-state index contributed by atoms with van der Waals surface area (Å²) in [4.78, 5) is 22.7. The van der Waals surface area contributed by atoms with Crippen molar-refractivity contribution in [1.82, 2.24) is 5.32 Å². The van der Waals surface area contributed by atoms with Crippen LogP contribution in [-0.4, -0.2) is 17.0 Å². The molecule has 1 amide bonds. The average molecular weight is 305 g/mol. The smallest absolute Gasteiger partial charge is 0.371 e. The van der Waals surface area contributed by atoms with E-state index in [1.807, 2.05) is 0 Å². The molecule has 0 aliphatic heterocycles. The SMILES string of the molecule is CC(Cc1ccccc1F)C(=O)NCc1ccc(C(=O)O)o1. The summed E-state index contributed by atoms with van der Waals surface area (Å²) in [7, 11) is 0. The number of rotatable bonds is 6. The van der Waals surface area contributed by atoms with Crippen LogP contribution >= 0.6 is 0 Å². The number of carboxylic acids is 1. The zero-order valence-electron chi connectivity index (χ0n) is 12.0. The van der Waals surface area contributed by atoms with Gasteiger partial charge in [0.15, 0.2) is 0 Å². The van der Waals surface area contributed by atoms with Crippen LogP contribution < -0.4 is 5.32 Å². The van der Waals surface area contributed by atoms with Crippen molar-refractivity contribution < 1.29 is 23.5 Å². The van der Waals surface area contributed by atoms with Gasteiger partial charge < -0.3 is 14.8 Å². The number of carboxylic acid groups (broad SMARTS) is 1. The Morgan fingerprint density at radius 1 is 1.27 bits per heavy atom. The van der Waals surface area contributed by atoms with Crippen molar-refractivity contribution >= 4 is 11.9 Å². The number of nitrogens with one attached hydrogen (secondary N) is 1. The van der Waals surface area contributed by atoms with Crippen LogP contribution in [0.3, 0.4) is 0 Å². The van der Waals surface area contributed by atoms with Gasteiger partial charge in [-0.05, 0) is 30.2 Å². The first-order chi connectivity index (χ1) is 10.5. The maximum absolute atomic E-state index is 13.5. The van der Waals surface area contributed by atoms with Gasteiger partial charge in [0.2, 0.25) is 11.7 Å². The lowest BCUT2D eigenvalue weighted by atomic mass is 10.00. The van der Waals surface area contributed by atoms with E-state index < -0.39 is 11.9 Å². The van der Waals surface area contributed by atoms with E-state index in [9.17, 15) is 14.0 Å². The van der Waals surface area contributed by atoms with Gasteiger partial charge >= 0.3 is 5.97 Å². The number of amides is 1. The van der Waals surface area contributed by atoms with Crippen molar-refractivity contribution in [2.75, 3.05) is 0 Å². The second-order valence-electron chi connectivity index (χ2n) is 4.99. The maximum atomic E-state index is 13.5. The molecule has 1 heterocycles. The highest BCUT2D eigenvalue weighted by molar-refractivity contribution is 5.84. The van der Waals surface area contributed by atoms with E-state index in [1.165, 1.54) is 18.2 Å². The fraction of sp³-hybridized carbons (Fsp3) is 0.250. The number of hydrogen-bond donors (Lipinski definition) is 2. The van der Waals surface area contributed by atoms with Crippen molar-refractivity contribution in [2.24, 2.45) is 5.92 Å². The summed E-state index contributed by atoms with van der Waals surface area (Å²) in [5.74, 6) is -1.99. The Balaban J connectivity index is 1.88. The summed E-state index contributed by atoms with van der Waals surface area (Å²) in [6.45, 7) is 1.79. The first kappa shape index (κ1) is 15.8. The molecule has 0 spiro atoms. The summed E-state index contributed by atoms with van der Waals surface area (Å²) >= 11 is 0. The van der Waals surface area contributed by atoms with Crippen LogP contribution in [0.1, 0.15) is 28.8 Å². The summed E-state index contributed by atoms with van der Waals surface area (Å²) in [6, 6.07) is 9.14. The number of halogens is 1. The van der Waals surface area contributed by atoms with Gasteiger partial charge in [0.1, 0.15) is 11.6 Å². The van der Waals surface area contributed by atoms with Crippen molar-refractivity contribution in [3.05, 3.63) is 59.3 Å². The van der Waals surface area contributed by atoms with Crippen LogP contribution in [-0.2, 0) is 17.8 Å². The zero-order chi connectivity index (χ0) is 16.1. The molecule has 1 aromatic carbocycles. The molecule has 2 aromatic rings. The molecule has 0 saturated carbocycles. The van der Waals surface area contributed by atoms with Crippen LogP contribution in [0.5, 0.6) is 0 Å². The minimum atomic E-state index is -1.16. The van der Waals surface area contributed by atoms with Gasteiger partial charge in [0, 0.05) is 5.92 Å². The fourth-order valence-corrected chi connectivity index (χ4v) is 2.02. The molecule has 0 aliphatic rings. The molecule has 2 rings (SSSR count). The first-order valence-electron chi connectivity index (χ1n) is 6.80. The Bertz CT molecular complexity index is 680. The Kier molecular flexibility index (Phi) is 4.93. The van der Waals surface area contributed by atoms with Crippen LogP contribution in [0.25, 0.3) is 0 Å². The number of hydrogen-bond acceptors (Lipinski definition) is 3. The van der Waals surface area contributed by atoms with E-state index in [4.69, 9.17) is 9.52 Å². The normalized spacial score (nSPS) is 11.9. The lowest BCUT2D eigenvalue weighted by molar-refractivity contribution is -0.124. The molecule has 1 unspecified atom stereocenters.